The lowest BCUT2D eigenvalue weighted by molar-refractivity contribution is -0.115. The van der Waals surface area contributed by atoms with Crippen LogP contribution in [0.5, 0.6) is 0 Å². The first-order valence-electron chi connectivity index (χ1n) is 3.31. The zero-order chi connectivity index (χ0) is 8.97. The Morgan fingerprint density at radius 2 is 2.33 bits per heavy atom. The standard InChI is InChI=1S/C7H9N3OS/c8-6-2-1-5(3-10-6)12-4-7(9)11/h1-3H,4H2,(H2,8,10)(H2,9,11). The number of amides is 1. The molecule has 0 aliphatic rings. The van der Waals surface area contributed by atoms with Crippen molar-refractivity contribution in [2.45, 2.75) is 4.90 Å². The number of nitrogens with zero attached hydrogens (tertiary/aromatic N) is 1. The van der Waals surface area contributed by atoms with Crippen LogP contribution in [0.4, 0.5) is 5.82 Å². The molecule has 1 aromatic heterocycles. The van der Waals surface area contributed by atoms with E-state index in [-0.39, 0.29) is 11.7 Å². The van der Waals surface area contributed by atoms with E-state index >= 15 is 0 Å². The van der Waals surface area contributed by atoms with Crippen LogP contribution in [0.2, 0.25) is 0 Å². The molecule has 4 nitrogen and oxygen atoms in total. The number of carbonyl (C=O) groups excluding carboxylic acids is 1. The van der Waals surface area contributed by atoms with Gasteiger partial charge >= 0.3 is 0 Å². The fraction of sp³-hybridized carbons (Fsp3) is 0.143. The second-order valence-corrected chi connectivity index (χ2v) is 3.22. The molecule has 0 bridgehead atoms. The fourth-order valence-electron chi connectivity index (χ4n) is 0.632. The Bertz CT molecular complexity index is 272. The van der Waals surface area contributed by atoms with Gasteiger partial charge in [-0.15, -0.1) is 11.8 Å². The lowest BCUT2D eigenvalue weighted by atomic mass is 10.5. The summed E-state index contributed by atoms with van der Waals surface area (Å²) in [6.07, 6.45) is 1.61. The minimum atomic E-state index is -0.336. The molecule has 0 radical (unpaired) electrons. The molecule has 0 saturated carbocycles. The Hall–Kier alpha value is -1.23. The summed E-state index contributed by atoms with van der Waals surface area (Å²) < 4.78 is 0. The fourth-order valence-corrected chi connectivity index (χ4v) is 1.23. The molecule has 0 aliphatic carbocycles. The van der Waals surface area contributed by atoms with E-state index in [0.29, 0.717) is 5.82 Å². The van der Waals surface area contributed by atoms with Gasteiger partial charge in [0.25, 0.3) is 0 Å². The van der Waals surface area contributed by atoms with Crippen LogP contribution in [0.15, 0.2) is 23.2 Å². The minimum absolute atomic E-state index is 0.269. The van der Waals surface area contributed by atoms with Crippen LogP contribution in [0.25, 0.3) is 0 Å². The number of rotatable bonds is 3. The smallest absolute Gasteiger partial charge is 0.227 e. The average Bonchev–Trinajstić information content (AvgIpc) is 2.03. The van der Waals surface area contributed by atoms with Crippen molar-refractivity contribution in [1.29, 1.82) is 0 Å². The van der Waals surface area contributed by atoms with Crippen LogP contribution in [0.1, 0.15) is 0 Å². The summed E-state index contributed by atoms with van der Waals surface area (Å²) in [7, 11) is 0. The molecule has 0 aromatic carbocycles. The second kappa shape index (κ2) is 3.96. The lowest BCUT2D eigenvalue weighted by Crippen LogP contribution is -2.12. The molecule has 5 heteroatoms. The number of carbonyl (C=O) groups is 1. The van der Waals surface area contributed by atoms with E-state index in [1.807, 2.05) is 0 Å². The molecule has 1 aromatic rings. The largest absolute Gasteiger partial charge is 0.384 e. The van der Waals surface area contributed by atoms with Gasteiger partial charge in [-0.3, -0.25) is 4.79 Å². The third-order valence-corrected chi connectivity index (χ3v) is 2.14. The van der Waals surface area contributed by atoms with Crippen LogP contribution in [0.3, 0.4) is 0 Å². The van der Waals surface area contributed by atoms with Gasteiger partial charge in [-0.2, -0.15) is 0 Å². The van der Waals surface area contributed by atoms with E-state index in [2.05, 4.69) is 4.98 Å². The zero-order valence-corrected chi connectivity index (χ0v) is 7.17. The van der Waals surface area contributed by atoms with Gasteiger partial charge in [0.15, 0.2) is 0 Å². The van der Waals surface area contributed by atoms with Crippen LogP contribution < -0.4 is 11.5 Å². The molecule has 0 atom stereocenters. The number of primary amides is 1. The quantitative estimate of drug-likeness (QED) is 0.658. The Morgan fingerprint density at radius 1 is 1.58 bits per heavy atom. The van der Waals surface area contributed by atoms with Gasteiger partial charge in [0.05, 0.1) is 5.75 Å². The number of hydrogen-bond donors (Lipinski definition) is 2. The highest BCUT2D eigenvalue weighted by atomic mass is 32.2. The first-order chi connectivity index (χ1) is 5.68. The maximum atomic E-state index is 10.4. The Morgan fingerprint density at radius 3 is 2.83 bits per heavy atom. The van der Waals surface area contributed by atoms with Gasteiger partial charge in [0.2, 0.25) is 5.91 Å². The van der Waals surface area contributed by atoms with E-state index < -0.39 is 0 Å². The van der Waals surface area contributed by atoms with Crippen LogP contribution >= 0.6 is 11.8 Å². The Labute approximate surface area is 74.3 Å². The molecular formula is C7H9N3OS. The Balaban J connectivity index is 2.53. The van der Waals surface area contributed by atoms with Gasteiger partial charge in [0.1, 0.15) is 5.82 Å². The number of nitrogen functional groups attached to an aromatic ring is 1. The van der Waals surface area contributed by atoms with Crippen molar-refractivity contribution in [3.63, 3.8) is 0 Å². The molecule has 1 amide bonds. The molecule has 0 fully saturated rings. The molecule has 1 heterocycles. The summed E-state index contributed by atoms with van der Waals surface area (Å²) in [6.45, 7) is 0. The van der Waals surface area contributed by atoms with Gasteiger partial charge in [-0.25, -0.2) is 4.98 Å². The highest BCUT2D eigenvalue weighted by molar-refractivity contribution is 8.00. The van der Waals surface area contributed by atoms with Gasteiger partial charge in [-0.05, 0) is 12.1 Å². The van der Waals surface area contributed by atoms with Crippen molar-refractivity contribution in [2.75, 3.05) is 11.5 Å². The summed E-state index contributed by atoms with van der Waals surface area (Å²) in [5.74, 6) is 0.404. The minimum Gasteiger partial charge on any atom is -0.384 e. The van der Waals surface area contributed by atoms with Crippen molar-refractivity contribution in [2.24, 2.45) is 5.73 Å². The topological polar surface area (TPSA) is 82.0 Å². The summed E-state index contributed by atoms with van der Waals surface area (Å²) in [5, 5.41) is 0. The molecule has 0 unspecified atom stereocenters. The average molecular weight is 183 g/mol. The van der Waals surface area contributed by atoms with Gasteiger partial charge < -0.3 is 11.5 Å². The highest BCUT2D eigenvalue weighted by Crippen LogP contribution is 2.16. The number of hydrogen-bond acceptors (Lipinski definition) is 4. The number of thioether (sulfide) groups is 1. The third-order valence-electron chi connectivity index (χ3n) is 1.14. The summed E-state index contributed by atoms with van der Waals surface area (Å²) in [5.41, 5.74) is 10.3. The molecule has 12 heavy (non-hydrogen) atoms. The molecular weight excluding hydrogens is 174 g/mol. The maximum absolute atomic E-state index is 10.4. The molecule has 64 valence electrons. The Kier molecular flexibility index (Phi) is 2.93. The van der Waals surface area contributed by atoms with E-state index in [1.165, 1.54) is 11.8 Å². The van der Waals surface area contributed by atoms with Gasteiger partial charge in [-0.1, -0.05) is 0 Å². The number of anilines is 1. The predicted octanol–water partition coefficient (Wildman–Crippen LogP) is 0.241. The van der Waals surface area contributed by atoms with Crippen molar-refractivity contribution >= 4 is 23.5 Å². The van der Waals surface area contributed by atoms with Crippen molar-refractivity contribution < 1.29 is 4.79 Å². The number of nitrogens with two attached hydrogens (primary N) is 2. The first kappa shape index (κ1) is 8.86. The SMILES string of the molecule is NC(=O)CSc1ccc(N)nc1. The first-order valence-corrected chi connectivity index (χ1v) is 4.29. The van der Waals surface area contributed by atoms with Crippen LogP contribution in [0, 0.1) is 0 Å². The molecule has 1 rings (SSSR count). The monoisotopic (exact) mass is 183 g/mol. The van der Waals surface area contributed by atoms with Crippen molar-refractivity contribution in [3.05, 3.63) is 18.3 Å². The third kappa shape index (κ3) is 2.79. The highest BCUT2D eigenvalue weighted by Gasteiger charge is 1.97. The van der Waals surface area contributed by atoms with Crippen molar-refractivity contribution in [3.8, 4) is 0 Å². The zero-order valence-electron chi connectivity index (χ0n) is 6.36. The normalized spacial score (nSPS) is 9.67. The van der Waals surface area contributed by atoms with E-state index in [0.717, 1.165) is 4.90 Å². The van der Waals surface area contributed by atoms with Crippen LogP contribution in [-0.2, 0) is 4.79 Å². The molecule has 4 N–H and O–H groups in total. The maximum Gasteiger partial charge on any atom is 0.227 e. The second-order valence-electron chi connectivity index (χ2n) is 2.17. The summed E-state index contributed by atoms with van der Waals surface area (Å²) in [4.78, 5) is 15.1. The number of aromatic nitrogens is 1. The van der Waals surface area contributed by atoms with Crippen molar-refractivity contribution in [1.82, 2.24) is 4.98 Å². The summed E-state index contributed by atoms with van der Waals surface area (Å²) >= 11 is 1.34. The van der Waals surface area contributed by atoms with Gasteiger partial charge in [0, 0.05) is 11.1 Å². The van der Waals surface area contributed by atoms with E-state index in [4.69, 9.17) is 11.5 Å². The predicted molar refractivity (Wildman–Crippen MR) is 48.6 cm³/mol. The van der Waals surface area contributed by atoms with E-state index in [1.54, 1.807) is 18.3 Å². The number of pyridine rings is 1. The van der Waals surface area contributed by atoms with E-state index in [9.17, 15) is 4.79 Å². The summed E-state index contributed by atoms with van der Waals surface area (Å²) in [6, 6.07) is 3.49. The van der Waals surface area contributed by atoms with Crippen LogP contribution in [-0.4, -0.2) is 16.6 Å². The molecule has 0 saturated heterocycles. The molecule has 0 spiro atoms. The lowest BCUT2D eigenvalue weighted by Gasteiger charge is -1.97. The molecule has 0 aliphatic heterocycles.